The Morgan fingerprint density at radius 1 is 1.15 bits per heavy atom. The topological polar surface area (TPSA) is 134 Å². The Bertz CT molecular complexity index is 1890. The van der Waals surface area contributed by atoms with Crippen LogP contribution >= 0.6 is 0 Å². The zero-order valence-electron chi connectivity index (χ0n) is 21.3. The molecule has 2 aromatic heterocycles. The number of nitrogens with zero attached hydrogens (tertiary/aromatic N) is 1. The highest BCUT2D eigenvalue weighted by Crippen LogP contribution is 2.44. The molecule has 0 spiro atoms. The fraction of sp³-hybridized carbons (Fsp3) is 0.276. The second-order valence-corrected chi connectivity index (χ2v) is 10.8. The fourth-order valence-corrected chi connectivity index (χ4v) is 6.05. The van der Waals surface area contributed by atoms with E-state index in [1.54, 1.807) is 32.1 Å². The van der Waals surface area contributed by atoms with Gasteiger partial charge >= 0.3 is 5.69 Å². The van der Waals surface area contributed by atoms with Gasteiger partial charge in [-0.15, -0.1) is 0 Å². The molecule has 200 valence electrons. The van der Waals surface area contributed by atoms with Gasteiger partial charge in [-0.3, -0.25) is 9.59 Å². The van der Waals surface area contributed by atoms with Crippen LogP contribution in [0.25, 0.3) is 27.4 Å². The number of aliphatic hydroxyl groups is 1. The quantitative estimate of drug-likeness (QED) is 0.319. The van der Waals surface area contributed by atoms with Gasteiger partial charge in [-0.05, 0) is 68.4 Å². The van der Waals surface area contributed by atoms with Gasteiger partial charge in [0.2, 0.25) is 0 Å². The van der Waals surface area contributed by atoms with Crippen molar-refractivity contribution in [2.75, 3.05) is 0 Å². The van der Waals surface area contributed by atoms with Crippen LogP contribution < -0.4 is 17.0 Å². The van der Waals surface area contributed by atoms with Crippen LogP contribution in [0.4, 0.5) is 8.78 Å². The molecule has 8 nitrogen and oxygen atoms in total. The minimum absolute atomic E-state index is 0.0133. The largest absolute Gasteiger partial charge is 0.390 e. The highest BCUT2D eigenvalue weighted by molar-refractivity contribution is 6.10. The second-order valence-electron chi connectivity index (χ2n) is 10.8. The van der Waals surface area contributed by atoms with Gasteiger partial charge in [0.1, 0.15) is 11.6 Å². The summed E-state index contributed by atoms with van der Waals surface area (Å²) >= 11 is 0. The number of hydrogen-bond acceptors (Lipinski definition) is 4. The third kappa shape index (κ3) is 3.77. The summed E-state index contributed by atoms with van der Waals surface area (Å²) in [5.41, 5.74) is 5.34. The molecule has 6 rings (SSSR count). The van der Waals surface area contributed by atoms with Crippen LogP contribution in [-0.2, 0) is 12.8 Å². The summed E-state index contributed by atoms with van der Waals surface area (Å²) in [4.78, 5) is 44.5. The molecule has 10 heteroatoms. The molecule has 2 aliphatic rings. The summed E-state index contributed by atoms with van der Waals surface area (Å²) in [5, 5.41) is 11.1. The van der Waals surface area contributed by atoms with Crippen molar-refractivity contribution in [3.63, 3.8) is 0 Å². The number of primary amides is 1. The Labute approximate surface area is 220 Å². The number of H-pyrrole nitrogens is 2. The maximum absolute atomic E-state index is 15.9. The molecule has 0 aliphatic heterocycles. The van der Waals surface area contributed by atoms with Crippen LogP contribution in [0.5, 0.6) is 0 Å². The van der Waals surface area contributed by atoms with Crippen molar-refractivity contribution in [1.29, 1.82) is 0 Å². The van der Waals surface area contributed by atoms with E-state index in [-0.39, 0.29) is 27.9 Å². The predicted molar refractivity (Wildman–Crippen MR) is 144 cm³/mol. The second kappa shape index (κ2) is 8.60. The number of carbonyl (C=O) groups is 1. The van der Waals surface area contributed by atoms with Crippen LogP contribution in [0, 0.1) is 17.6 Å². The number of amides is 1. The van der Waals surface area contributed by atoms with Crippen molar-refractivity contribution in [1.82, 2.24) is 14.5 Å². The summed E-state index contributed by atoms with van der Waals surface area (Å²) in [5.74, 6) is -2.32. The molecular weight excluding hydrogens is 506 g/mol. The van der Waals surface area contributed by atoms with Crippen molar-refractivity contribution in [2.24, 2.45) is 11.7 Å². The average molecular weight is 533 g/mol. The minimum Gasteiger partial charge on any atom is -0.390 e. The van der Waals surface area contributed by atoms with Crippen molar-refractivity contribution < 1.29 is 18.7 Å². The summed E-state index contributed by atoms with van der Waals surface area (Å²) in [7, 11) is 0. The summed E-state index contributed by atoms with van der Waals surface area (Å²) in [6.45, 7) is 3.49. The first-order chi connectivity index (χ1) is 18.5. The van der Waals surface area contributed by atoms with Gasteiger partial charge in [0.25, 0.3) is 11.5 Å². The molecule has 2 atom stereocenters. The average Bonchev–Trinajstić information content (AvgIpc) is 3.48. The lowest BCUT2D eigenvalue weighted by Crippen LogP contribution is -2.37. The van der Waals surface area contributed by atoms with E-state index in [9.17, 15) is 23.9 Å². The molecule has 39 heavy (non-hydrogen) atoms. The molecule has 0 saturated carbocycles. The highest BCUT2D eigenvalue weighted by Gasteiger charge is 2.35. The number of aryl methyl sites for hydroxylation is 1. The number of rotatable bonds is 4. The van der Waals surface area contributed by atoms with E-state index in [1.807, 2.05) is 0 Å². The maximum atomic E-state index is 15.9. The first-order valence-electron chi connectivity index (χ1n) is 12.7. The number of aromatic nitrogens is 3. The van der Waals surface area contributed by atoms with Crippen LogP contribution in [-0.4, -0.2) is 31.1 Å². The molecule has 2 aromatic carbocycles. The molecule has 0 fully saturated rings. The van der Waals surface area contributed by atoms with Crippen molar-refractivity contribution in [3.05, 3.63) is 97.4 Å². The molecule has 0 bridgehead atoms. The number of carbonyl (C=O) groups excluding carboxylic acids is 1. The van der Waals surface area contributed by atoms with Crippen LogP contribution in [0.3, 0.4) is 0 Å². The number of nitrogens with one attached hydrogen (secondary N) is 2. The summed E-state index contributed by atoms with van der Waals surface area (Å²) in [6.07, 6.45) is 6.48. The number of aromatic amines is 2. The Morgan fingerprint density at radius 2 is 1.92 bits per heavy atom. The SMILES string of the molecule is CC(C)(O)[C@@H]1CCc2c([nH]c3c(C(N)=O)cc(F)c(C4=CC=CC4n4c(=O)[nH]c5c(F)cccc5c4=O)c23)C1. The first-order valence-corrected chi connectivity index (χ1v) is 12.7. The summed E-state index contributed by atoms with van der Waals surface area (Å²) in [6, 6.07) is 4.02. The number of hydrogen-bond donors (Lipinski definition) is 4. The maximum Gasteiger partial charge on any atom is 0.329 e. The third-order valence-corrected chi connectivity index (χ3v) is 8.05. The minimum atomic E-state index is -0.982. The van der Waals surface area contributed by atoms with E-state index >= 15 is 4.39 Å². The van der Waals surface area contributed by atoms with E-state index < -0.39 is 40.4 Å². The van der Waals surface area contributed by atoms with Crippen LogP contribution in [0.2, 0.25) is 0 Å². The molecule has 1 amide bonds. The zero-order valence-corrected chi connectivity index (χ0v) is 21.3. The van der Waals surface area contributed by atoms with Crippen molar-refractivity contribution >= 4 is 33.3 Å². The molecular formula is C29H26F2N4O4. The molecule has 0 saturated heterocycles. The first kappa shape index (κ1) is 25.0. The number of benzene rings is 2. The Morgan fingerprint density at radius 3 is 2.64 bits per heavy atom. The Balaban J connectivity index is 1.58. The van der Waals surface area contributed by atoms with E-state index in [1.165, 1.54) is 12.1 Å². The van der Waals surface area contributed by atoms with Gasteiger partial charge in [-0.2, -0.15) is 0 Å². The number of fused-ring (bicyclic) bond motifs is 4. The molecule has 1 unspecified atom stereocenters. The van der Waals surface area contributed by atoms with E-state index in [4.69, 9.17) is 5.73 Å². The van der Waals surface area contributed by atoms with Gasteiger partial charge in [0.15, 0.2) is 0 Å². The standard InChI is InChI=1S/C29H26F2N4O4/c1-29(2,39)13-9-10-14-20(11-13)33-25-17(26(32)36)12-19(31)22(23(14)25)15-5-4-8-21(15)35-27(37)16-6-3-7-18(30)24(16)34-28(35)38/h3-8,12-13,21,33,39H,9-11H2,1-2H3,(H2,32,36)(H,34,38)/t13-,21?/m1/s1. The van der Waals surface area contributed by atoms with Gasteiger partial charge in [-0.25, -0.2) is 18.1 Å². The Hall–Kier alpha value is -4.31. The lowest BCUT2D eigenvalue weighted by atomic mass is 9.77. The predicted octanol–water partition coefficient (Wildman–Crippen LogP) is 3.62. The molecule has 4 aromatic rings. The Kier molecular flexibility index (Phi) is 5.51. The highest BCUT2D eigenvalue weighted by atomic mass is 19.1. The molecule has 0 radical (unpaired) electrons. The lowest BCUT2D eigenvalue weighted by Gasteiger charge is -2.32. The molecule has 2 heterocycles. The van der Waals surface area contributed by atoms with Gasteiger partial charge < -0.3 is 20.8 Å². The fourth-order valence-electron chi connectivity index (χ4n) is 6.05. The lowest BCUT2D eigenvalue weighted by molar-refractivity contribution is 0.0107. The van der Waals surface area contributed by atoms with Crippen molar-refractivity contribution in [3.8, 4) is 0 Å². The molecule has 2 aliphatic carbocycles. The monoisotopic (exact) mass is 532 g/mol. The van der Waals surface area contributed by atoms with Crippen LogP contribution in [0.1, 0.15) is 53.5 Å². The molecule has 5 N–H and O–H groups in total. The van der Waals surface area contributed by atoms with E-state index in [0.717, 1.165) is 28.0 Å². The summed E-state index contributed by atoms with van der Waals surface area (Å²) < 4.78 is 31.2. The normalized spacial score (nSPS) is 19.1. The van der Waals surface area contributed by atoms with E-state index in [2.05, 4.69) is 9.97 Å². The van der Waals surface area contributed by atoms with Gasteiger partial charge in [-0.1, -0.05) is 24.3 Å². The van der Waals surface area contributed by atoms with Crippen LogP contribution in [0.15, 0.2) is 52.1 Å². The zero-order chi connectivity index (χ0) is 27.8. The van der Waals surface area contributed by atoms with E-state index in [0.29, 0.717) is 35.7 Å². The number of halogens is 2. The van der Waals surface area contributed by atoms with Gasteiger partial charge in [0.05, 0.1) is 33.6 Å². The van der Waals surface area contributed by atoms with Crippen molar-refractivity contribution in [2.45, 2.75) is 44.8 Å². The number of para-hydroxylation sites is 1. The number of allylic oxidation sites excluding steroid dienone is 4. The number of nitrogens with two attached hydrogens (primary N) is 1. The third-order valence-electron chi connectivity index (χ3n) is 8.05. The smallest absolute Gasteiger partial charge is 0.329 e. The van der Waals surface area contributed by atoms with Gasteiger partial charge in [0, 0.05) is 16.6 Å².